The van der Waals surface area contributed by atoms with Crippen LogP contribution < -0.4 is 0 Å². The second-order valence-corrected chi connectivity index (χ2v) is 4.08. The largest absolute Gasteiger partial charge is 0.314 e. The third-order valence-corrected chi connectivity index (χ3v) is 2.77. The van der Waals surface area contributed by atoms with E-state index in [1.807, 2.05) is 7.05 Å². The highest BCUT2D eigenvalue weighted by Crippen LogP contribution is 2.18. The van der Waals surface area contributed by atoms with Crippen molar-refractivity contribution in [2.45, 2.75) is 19.3 Å². The molecule has 0 aromatic carbocycles. The normalized spacial score (nSPS) is 23.9. The van der Waals surface area contributed by atoms with Crippen molar-refractivity contribution in [3.8, 4) is 6.19 Å². The van der Waals surface area contributed by atoms with Gasteiger partial charge in [-0.2, -0.15) is 5.26 Å². The molecule has 74 valence electrons. The lowest BCUT2D eigenvalue weighted by molar-refractivity contribution is 0.194. The summed E-state index contributed by atoms with van der Waals surface area (Å²) in [6.07, 6.45) is 5.95. The molecule has 3 nitrogen and oxygen atoms in total. The molecule has 0 aliphatic carbocycles. The molecule has 1 atom stereocenters. The Morgan fingerprint density at radius 1 is 1.62 bits per heavy atom. The van der Waals surface area contributed by atoms with E-state index in [1.165, 1.54) is 25.9 Å². The predicted molar refractivity (Wildman–Crippen MR) is 53.1 cm³/mol. The molecule has 13 heavy (non-hydrogen) atoms. The van der Waals surface area contributed by atoms with Crippen LogP contribution in [0.4, 0.5) is 0 Å². The number of rotatable bonds is 3. The highest BCUT2D eigenvalue weighted by molar-refractivity contribution is 4.74. The van der Waals surface area contributed by atoms with Gasteiger partial charge >= 0.3 is 0 Å². The third kappa shape index (κ3) is 3.65. The molecule has 1 aliphatic heterocycles. The Balaban J connectivity index is 2.17. The Bertz CT molecular complexity index is 185. The van der Waals surface area contributed by atoms with E-state index in [1.54, 1.807) is 4.90 Å². The molecule has 0 amide bonds. The molecule has 0 saturated carbocycles. The highest BCUT2D eigenvalue weighted by Gasteiger charge is 2.16. The molecular formula is C10H19N3. The topological polar surface area (TPSA) is 30.3 Å². The Morgan fingerprint density at radius 3 is 3.00 bits per heavy atom. The lowest BCUT2D eigenvalue weighted by atomic mass is 9.95. The first-order chi connectivity index (χ1) is 6.22. The first-order valence-corrected chi connectivity index (χ1v) is 5.02. The Morgan fingerprint density at radius 2 is 2.38 bits per heavy atom. The summed E-state index contributed by atoms with van der Waals surface area (Å²) in [4.78, 5) is 4.11. The standard InChI is InChI=1S/C10H19N3/c1-12-6-3-4-10(8-12)5-7-13(2)9-11/h10H,3-8H2,1-2H3. The number of likely N-dealkylation sites (tertiary alicyclic amines) is 1. The van der Waals surface area contributed by atoms with Crippen LogP contribution in [-0.2, 0) is 0 Å². The van der Waals surface area contributed by atoms with Crippen molar-refractivity contribution < 1.29 is 0 Å². The van der Waals surface area contributed by atoms with E-state index in [2.05, 4.69) is 18.1 Å². The van der Waals surface area contributed by atoms with Crippen molar-refractivity contribution in [3.05, 3.63) is 0 Å². The molecule has 0 aromatic rings. The van der Waals surface area contributed by atoms with Crippen molar-refractivity contribution >= 4 is 0 Å². The van der Waals surface area contributed by atoms with Gasteiger partial charge in [-0.05, 0) is 38.8 Å². The minimum Gasteiger partial charge on any atom is -0.314 e. The monoisotopic (exact) mass is 181 g/mol. The average molecular weight is 181 g/mol. The van der Waals surface area contributed by atoms with Gasteiger partial charge in [0.2, 0.25) is 0 Å². The molecule has 1 heterocycles. The summed E-state index contributed by atoms with van der Waals surface area (Å²) >= 11 is 0. The van der Waals surface area contributed by atoms with Crippen LogP contribution in [-0.4, -0.2) is 43.5 Å². The fourth-order valence-corrected chi connectivity index (χ4v) is 1.94. The zero-order chi connectivity index (χ0) is 9.68. The molecule has 1 rings (SSSR count). The van der Waals surface area contributed by atoms with Gasteiger partial charge in [0, 0.05) is 20.1 Å². The van der Waals surface area contributed by atoms with E-state index >= 15 is 0 Å². The maximum atomic E-state index is 8.58. The van der Waals surface area contributed by atoms with Crippen molar-refractivity contribution in [1.29, 1.82) is 5.26 Å². The summed E-state index contributed by atoms with van der Waals surface area (Å²) in [6, 6.07) is 0. The first kappa shape index (κ1) is 10.3. The molecule has 1 aliphatic rings. The molecular weight excluding hydrogens is 162 g/mol. The van der Waals surface area contributed by atoms with Crippen LogP contribution in [0.3, 0.4) is 0 Å². The van der Waals surface area contributed by atoms with E-state index < -0.39 is 0 Å². The number of piperidine rings is 1. The molecule has 0 bridgehead atoms. The van der Waals surface area contributed by atoms with Crippen LogP contribution in [0.15, 0.2) is 0 Å². The van der Waals surface area contributed by atoms with Gasteiger partial charge in [-0.1, -0.05) is 0 Å². The Hall–Kier alpha value is -0.750. The number of nitriles is 1. The Kier molecular flexibility index (Phi) is 4.04. The van der Waals surface area contributed by atoms with Gasteiger partial charge in [0.05, 0.1) is 0 Å². The molecule has 0 radical (unpaired) electrons. The first-order valence-electron chi connectivity index (χ1n) is 5.02. The van der Waals surface area contributed by atoms with Crippen LogP contribution >= 0.6 is 0 Å². The summed E-state index contributed by atoms with van der Waals surface area (Å²) in [5, 5.41) is 8.58. The summed E-state index contributed by atoms with van der Waals surface area (Å²) < 4.78 is 0. The lowest BCUT2D eigenvalue weighted by Gasteiger charge is -2.30. The van der Waals surface area contributed by atoms with Crippen molar-refractivity contribution in [2.75, 3.05) is 33.7 Å². The van der Waals surface area contributed by atoms with E-state index in [-0.39, 0.29) is 0 Å². The van der Waals surface area contributed by atoms with Crippen LogP contribution in [0.5, 0.6) is 0 Å². The minimum atomic E-state index is 0.801. The molecule has 3 heteroatoms. The van der Waals surface area contributed by atoms with Gasteiger partial charge < -0.3 is 9.80 Å². The smallest absolute Gasteiger partial charge is 0.179 e. The fourth-order valence-electron chi connectivity index (χ4n) is 1.94. The van der Waals surface area contributed by atoms with Gasteiger partial charge in [0.25, 0.3) is 0 Å². The zero-order valence-electron chi connectivity index (χ0n) is 8.66. The minimum absolute atomic E-state index is 0.801. The SMILES string of the molecule is CN(C#N)CCC1CCCN(C)C1. The van der Waals surface area contributed by atoms with Crippen molar-refractivity contribution in [2.24, 2.45) is 5.92 Å². The zero-order valence-corrected chi connectivity index (χ0v) is 8.66. The van der Waals surface area contributed by atoms with E-state index in [9.17, 15) is 0 Å². The average Bonchev–Trinajstić information content (AvgIpc) is 2.14. The van der Waals surface area contributed by atoms with Crippen molar-refractivity contribution in [1.82, 2.24) is 9.80 Å². The van der Waals surface area contributed by atoms with E-state index in [4.69, 9.17) is 5.26 Å². The predicted octanol–water partition coefficient (Wildman–Crippen LogP) is 1.13. The molecule has 1 saturated heterocycles. The summed E-state index contributed by atoms with van der Waals surface area (Å²) in [5.74, 6) is 0.801. The fraction of sp³-hybridized carbons (Fsp3) is 0.900. The number of hydrogen-bond donors (Lipinski definition) is 0. The third-order valence-electron chi connectivity index (χ3n) is 2.77. The van der Waals surface area contributed by atoms with Gasteiger partial charge in [0.15, 0.2) is 6.19 Å². The van der Waals surface area contributed by atoms with Crippen LogP contribution in [0.1, 0.15) is 19.3 Å². The highest BCUT2D eigenvalue weighted by atomic mass is 15.1. The van der Waals surface area contributed by atoms with Gasteiger partial charge in [0.1, 0.15) is 0 Å². The quantitative estimate of drug-likeness (QED) is 0.483. The second-order valence-electron chi connectivity index (χ2n) is 4.08. The number of hydrogen-bond acceptors (Lipinski definition) is 3. The molecule has 1 fully saturated rings. The molecule has 0 spiro atoms. The molecule has 0 N–H and O–H groups in total. The molecule has 1 unspecified atom stereocenters. The maximum Gasteiger partial charge on any atom is 0.179 e. The molecule has 0 aromatic heterocycles. The summed E-state index contributed by atoms with van der Waals surface area (Å²) in [5.41, 5.74) is 0. The van der Waals surface area contributed by atoms with Crippen LogP contribution in [0.2, 0.25) is 0 Å². The summed E-state index contributed by atoms with van der Waals surface area (Å²) in [6.45, 7) is 3.36. The second kappa shape index (κ2) is 5.08. The van der Waals surface area contributed by atoms with Crippen molar-refractivity contribution in [3.63, 3.8) is 0 Å². The maximum absolute atomic E-state index is 8.58. The van der Waals surface area contributed by atoms with Gasteiger partial charge in [-0.25, -0.2) is 0 Å². The van der Waals surface area contributed by atoms with Gasteiger partial charge in [-0.3, -0.25) is 0 Å². The number of nitrogens with zero attached hydrogens (tertiary/aromatic N) is 3. The van der Waals surface area contributed by atoms with E-state index in [0.717, 1.165) is 18.9 Å². The lowest BCUT2D eigenvalue weighted by Crippen LogP contribution is -2.33. The van der Waals surface area contributed by atoms with Gasteiger partial charge in [-0.15, -0.1) is 0 Å². The van der Waals surface area contributed by atoms with E-state index in [0.29, 0.717) is 0 Å². The van der Waals surface area contributed by atoms with Crippen LogP contribution in [0.25, 0.3) is 0 Å². The van der Waals surface area contributed by atoms with Crippen LogP contribution in [0, 0.1) is 17.4 Å². The Labute approximate surface area is 80.9 Å². The summed E-state index contributed by atoms with van der Waals surface area (Å²) in [7, 11) is 4.03.